The zero-order valence-electron chi connectivity index (χ0n) is 11.6. The fourth-order valence-electron chi connectivity index (χ4n) is 2.32. The molecular weight excluding hydrogens is 304 g/mol. The van der Waals surface area contributed by atoms with E-state index in [-0.39, 0.29) is 0 Å². The molecule has 1 unspecified atom stereocenters. The average Bonchev–Trinajstić information content (AvgIpc) is 2.91. The molecule has 2 rings (SSSR count). The molecular formula is C15H23BrN2O. The average molecular weight is 327 g/mol. The molecule has 1 atom stereocenters. The zero-order valence-corrected chi connectivity index (χ0v) is 13.2. The Balaban J connectivity index is 1.61. The van der Waals surface area contributed by atoms with E-state index in [0.717, 1.165) is 39.4 Å². The molecule has 1 saturated heterocycles. The van der Waals surface area contributed by atoms with Gasteiger partial charge in [0.05, 0.1) is 6.61 Å². The summed E-state index contributed by atoms with van der Waals surface area (Å²) in [6.45, 7) is 6.04. The highest BCUT2D eigenvalue weighted by Gasteiger charge is 2.14. The normalized spacial score (nSPS) is 19.2. The predicted molar refractivity (Wildman–Crippen MR) is 82.3 cm³/mol. The molecule has 0 spiro atoms. The molecule has 0 aliphatic carbocycles. The van der Waals surface area contributed by atoms with Crippen LogP contribution in [0.3, 0.4) is 0 Å². The molecule has 0 amide bonds. The third kappa shape index (κ3) is 5.22. The van der Waals surface area contributed by atoms with Crippen LogP contribution in [0.4, 0.5) is 0 Å². The van der Waals surface area contributed by atoms with Gasteiger partial charge in [-0.05, 0) is 31.0 Å². The summed E-state index contributed by atoms with van der Waals surface area (Å²) in [5, 5.41) is 3.53. The van der Waals surface area contributed by atoms with Crippen molar-refractivity contribution in [3.63, 3.8) is 0 Å². The second-order valence-electron chi connectivity index (χ2n) is 5.26. The van der Waals surface area contributed by atoms with Gasteiger partial charge in [0, 0.05) is 37.3 Å². The van der Waals surface area contributed by atoms with E-state index in [2.05, 4.69) is 57.5 Å². The lowest BCUT2D eigenvalue weighted by molar-refractivity contribution is 0.185. The second kappa shape index (κ2) is 8.00. The summed E-state index contributed by atoms with van der Waals surface area (Å²) in [5.41, 5.74) is 1.34. The van der Waals surface area contributed by atoms with Gasteiger partial charge in [0.25, 0.3) is 0 Å². The van der Waals surface area contributed by atoms with Gasteiger partial charge in [-0.25, -0.2) is 0 Å². The zero-order chi connectivity index (χ0) is 13.5. The molecule has 0 aromatic heterocycles. The molecule has 1 aliphatic rings. The van der Waals surface area contributed by atoms with Gasteiger partial charge in [-0.15, -0.1) is 0 Å². The summed E-state index contributed by atoms with van der Waals surface area (Å²) in [4.78, 5) is 2.35. The monoisotopic (exact) mass is 326 g/mol. The van der Waals surface area contributed by atoms with Crippen molar-refractivity contribution in [3.05, 3.63) is 34.3 Å². The smallest absolute Gasteiger partial charge is 0.0507 e. The summed E-state index contributed by atoms with van der Waals surface area (Å²) in [6.07, 6.45) is 1.21. The lowest BCUT2D eigenvalue weighted by Gasteiger charge is -2.18. The van der Waals surface area contributed by atoms with E-state index in [9.17, 15) is 0 Å². The van der Waals surface area contributed by atoms with Crippen LogP contribution >= 0.6 is 15.9 Å². The molecule has 4 heteroatoms. The van der Waals surface area contributed by atoms with Gasteiger partial charge in [-0.3, -0.25) is 0 Å². The number of benzene rings is 1. The SMILES string of the molecule is CN(CCNCC1CCOC1)Cc1ccccc1Br. The van der Waals surface area contributed by atoms with Crippen LogP contribution < -0.4 is 5.32 Å². The molecule has 106 valence electrons. The summed E-state index contributed by atoms with van der Waals surface area (Å²) >= 11 is 3.60. The van der Waals surface area contributed by atoms with E-state index in [1.807, 2.05) is 0 Å². The first-order valence-corrected chi connectivity index (χ1v) is 7.75. The van der Waals surface area contributed by atoms with Crippen molar-refractivity contribution in [1.82, 2.24) is 10.2 Å². The Morgan fingerprint density at radius 3 is 3.00 bits per heavy atom. The first-order valence-electron chi connectivity index (χ1n) is 6.96. The third-order valence-corrected chi connectivity index (χ3v) is 4.30. The highest BCUT2D eigenvalue weighted by Crippen LogP contribution is 2.17. The van der Waals surface area contributed by atoms with E-state index in [0.29, 0.717) is 5.92 Å². The standard InChI is InChI=1S/C15H23BrN2O/c1-18(11-14-4-2-3-5-15(14)16)8-7-17-10-13-6-9-19-12-13/h2-5,13,17H,6-12H2,1H3. The number of rotatable bonds is 7. The van der Waals surface area contributed by atoms with Crippen LogP contribution in [0, 0.1) is 5.92 Å². The molecule has 1 aromatic carbocycles. The minimum Gasteiger partial charge on any atom is -0.381 e. The van der Waals surface area contributed by atoms with Crippen molar-refractivity contribution in [3.8, 4) is 0 Å². The number of nitrogens with zero attached hydrogens (tertiary/aromatic N) is 1. The number of nitrogens with one attached hydrogen (secondary N) is 1. The van der Waals surface area contributed by atoms with Gasteiger partial charge in [-0.2, -0.15) is 0 Å². The Labute approximate surface area is 124 Å². The first kappa shape index (κ1) is 15.0. The fraction of sp³-hybridized carbons (Fsp3) is 0.600. The summed E-state index contributed by atoms with van der Waals surface area (Å²) in [6, 6.07) is 8.41. The van der Waals surface area contributed by atoms with Crippen LogP contribution in [0.2, 0.25) is 0 Å². The van der Waals surface area contributed by atoms with Crippen LogP contribution in [-0.2, 0) is 11.3 Å². The number of hydrogen-bond acceptors (Lipinski definition) is 3. The number of likely N-dealkylation sites (N-methyl/N-ethyl adjacent to an activating group) is 1. The van der Waals surface area contributed by atoms with Gasteiger partial charge < -0.3 is 15.0 Å². The second-order valence-corrected chi connectivity index (χ2v) is 6.12. The third-order valence-electron chi connectivity index (χ3n) is 3.53. The van der Waals surface area contributed by atoms with Crippen molar-refractivity contribution in [1.29, 1.82) is 0 Å². The van der Waals surface area contributed by atoms with Crippen LogP contribution in [0.1, 0.15) is 12.0 Å². The summed E-state index contributed by atoms with van der Waals surface area (Å²) in [7, 11) is 2.17. The molecule has 1 N–H and O–H groups in total. The minimum atomic E-state index is 0.716. The lowest BCUT2D eigenvalue weighted by atomic mass is 10.1. The van der Waals surface area contributed by atoms with Gasteiger partial charge in [0.1, 0.15) is 0 Å². The van der Waals surface area contributed by atoms with E-state index < -0.39 is 0 Å². The van der Waals surface area contributed by atoms with Crippen molar-refractivity contribution >= 4 is 15.9 Å². The van der Waals surface area contributed by atoms with Gasteiger partial charge in [0.2, 0.25) is 0 Å². The van der Waals surface area contributed by atoms with Crippen LogP contribution in [0.5, 0.6) is 0 Å². The van der Waals surface area contributed by atoms with Gasteiger partial charge in [-0.1, -0.05) is 34.1 Å². The van der Waals surface area contributed by atoms with Crippen molar-refractivity contribution in [2.75, 3.05) is 39.9 Å². The van der Waals surface area contributed by atoms with Crippen LogP contribution in [-0.4, -0.2) is 44.8 Å². The predicted octanol–water partition coefficient (Wildman–Crippen LogP) is 2.51. The van der Waals surface area contributed by atoms with E-state index in [4.69, 9.17) is 4.74 Å². The molecule has 0 radical (unpaired) electrons. The quantitative estimate of drug-likeness (QED) is 0.779. The Morgan fingerprint density at radius 1 is 1.42 bits per heavy atom. The summed E-state index contributed by atoms with van der Waals surface area (Å²) < 4.78 is 6.56. The molecule has 1 fully saturated rings. The van der Waals surface area contributed by atoms with E-state index in [1.165, 1.54) is 16.5 Å². The highest BCUT2D eigenvalue weighted by molar-refractivity contribution is 9.10. The van der Waals surface area contributed by atoms with Crippen LogP contribution in [0.15, 0.2) is 28.7 Å². The Bertz CT molecular complexity index is 380. The number of halogens is 1. The van der Waals surface area contributed by atoms with Crippen molar-refractivity contribution < 1.29 is 4.74 Å². The van der Waals surface area contributed by atoms with Crippen LogP contribution in [0.25, 0.3) is 0 Å². The van der Waals surface area contributed by atoms with Crippen molar-refractivity contribution in [2.24, 2.45) is 5.92 Å². The molecule has 1 aromatic rings. The van der Waals surface area contributed by atoms with E-state index >= 15 is 0 Å². The molecule has 1 heterocycles. The number of hydrogen-bond donors (Lipinski definition) is 1. The fourth-order valence-corrected chi connectivity index (χ4v) is 2.73. The number of ether oxygens (including phenoxy) is 1. The van der Waals surface area contributed by atoms with Crippen molar-refractivity contribution in [2.45, 2.75) is 13.0 Å². The molecule has 0 saturated carbocycles. The lowest BCUT2D eigenvalue weighted by Crippen LogP contribution is -2.32. The maximum Gasteiger partial charge on any atom is 0.0507 e. The minimum absolute atomic E-state index is 0.716. The first-order chi connectivity index (χ1) is 9.25. The maximum atomic E-state index is 5.37. The maximum absolute atomic E-state index is 5.37. The molecule has 3 nitrogen and oxygen atoms in total. The van der Waals surface area contributed by atoms with E-state index in [1.54, 1.807) is 0 Å². The Morgan fingerprint density at radius 2 is 2.26 bits per heavy atom. The van der Waals surface area contributed by atoms with Gasteiger partial charge in [0.15, 0.2) is 0 Å². The summed E-state index contributed by atoms with van der Waals surface area (Å²) in [5.74, 6) is 0.716. The molecule has 0 bridgehead atoms. The Hall–Kier alpha value is -0.420. The highest BCUT2D eigenvalue weighted by atomic mass is 79.9. The largest absolute Gasteiger partial charge is 0.381 e. The Kier molecular flexibility index (Phi) is 6.31. The van der Waals surface area contributed by atoms with Gasteiger partial charge >= 0.3 is 0 Å². The molecule has 1 aliphatic heterocycles. The topological polar surface area (TPSA) is 24.5 Å². The molecule has 19 heavy (non-hydrogen) atoms.